The summed E-state index contributed by atoms with van der Waals surface area (Å²) in [5.74, 6) is 1.78. The van der Waals surface area contributed by atoms with E-state index in [0.717, 1.165) is 17.7 Å². The van der Waals surface area contributed by atoms with E-state index in [1.54, 1.807) is 12.1 Å². The van der Waals surface area contributed by atoms with Crippen LogP contribution in [0.25, 0.3) is 0 Å². The number of aromatic hydroxyl groups is 1. The molecule has 2 nitrogen and oxygen atoms in total. The summed E-state index contributed by atoms with van der Waals surface area (Å²) in [6.07, 6.45) is 0.745. The lowest BCUT2D eigenvalue weighted by atomic mass is 10.1. The van der Waals surface area contributed by atoms with E-state index in [0.29, 0.717) is 5.75 Å². The summed E-state index contributed by atoms with van der Waals surface area (Å²) in [5.41, 5.74) is 0.839. The number of phenolic OH excluding ortho intramolecular Hbond substituents is 1. The first-order valence-electron chi connectivity index (χ1n) is 5.35. The molecule has 0 aliphatic rings. The van der Waals surface area contributed by atoms with Crippen molar-refractivity contribution < 1.29 is 9.84 Å². The number of para-hydroxylation sites is 1. The summed E-state index contributed by atoms with van der Waals surface area (Å²) in [4.78, 5) is 0. The molecular weight excluding hydrogens is 200 g/mol. The van der Waals surface area contributed by atoms with E-state index >= 15 is 0 Å². The minimum atomic E-state index is 0.288. The first kappa shape index (κ1) is 10.6. The van der Waals surface area contributed by atoms with Crippen molar-refractivity contribution in [2.24, 2.45) is 0 Å². The zero-order valence-corrected chi connectivity index (χ0v) is 9.18. The molecule has 16 heavy (non-hydrogen) atoms. The third-order valence-corrected chi connectivity index (χ3v) is 2.43. The predicted octanol–water partition coefficient (Wildman–Crippen LogP) is 3.75. The molecule has 0 atom stereocenters. The number of ether oxygens (including phenoxy) is 1. The third-order valence-electron chi connectivity index (χ3n) is 2.43. The number of hydrogen-bond acceptors (Lipinski definition) is 2. The summed E-state index contributed by atoms with van der Waals surface area (Å²) in [6.45, 7) is 1.99. The molecule has 0 heterocycles. The van der Waals surface area contributed by atoms with Gasteiger partial charge in [-0.25, -0.2) is 0 Å². The first-order chi connectivity index (χ1) is 7.81. The standard InChI is InChI=1S/C14H14O2/c1-2-12-13(15)9-6-10-14(12)16-11-7-4-3-5-8-11/h3-10,15H,2H2,1H3. The minimum Gasteiger partial charge on any atom is -0.508 e. The molecule has 0 saturated carbocycles. The maximum atomic E-state index is 9.69. The molecule has 0 aromatic heterocycles. The highest BCUT2D eigenvalue weighted by Crippen LogP contribution is 2.31. The van der Waals surface area contributed by atoms with Crippen molar-refractivity contribution in [1.82, 2.24) is 0 Å². The molecule has 0 fully saturated rings. The molecule has 82 valence electrons. The smallest absolute Gasteiger partial charge is 0.134 e. The van der Waals surface area contributed by atoms with Gasteiger partial charge in [-0.05, 0) is 30.7 Å². The van der Waals surface area contributed by atoms with Crippen LogP contribution in [0.15, 0.2) is 48.5 Å². The van der Waals surface area contributed by atoms with E-state index < -0.39 is 0 Å². The Morgan fingerprint density at radius 1 is 1.00 bits per heavy atom. The van der Waals surface area contributed by atoms with E-state index in [1.807, 2.05) is 43.3 Å². The van der Waals surface area contributed by atoms with Gasteiger partial charge < -0.3 is 9.84 Å². The fraction of sp³-hybridized carbons (Fsp3) is 0.143. The summed E-state index contributed by atoms with van der Waals surface area (Å²) in [7, 11) is 0. The van der Waals surface area contributed by atoms with Crippen molar-refractivity contribution in [3.63, 3.8) is 0 Å². The van der Waals surface area contributed by atoms with Gasteiger partial charge in [-0.2, -0.15) is 0 Å². The maximum Gasteiger partial charge on any atom is 0.134 e. The topological polar surface area (TPSA) is 29.5 Å². The summed E-state index contributed by atoms with van der Waals surface area (Å²) < 4.78 is 5.72. The van der Waals surface area contributed by atoms with Crippen molar-refractivity contribution >= 4 is 0 Å². The SMILES string of the molecule is CCc1c(O)cccc1Oc1ccccc1. The van der Waals surface area contributed by atoms with Crippen LogP contribution in [-0.2, 0) is 6.42 Å². The Balaban J connectivity index is 2.31. The molecule has 2 aromatic rings. The van der Waals surface area contributed by atoms with E-state index in [9.17, 15) is 5.11 Å². The van der Waals surface area contributed by atoms with Crippen molar-refractivity contribution in [2.45, 2.75) is 13.3 Å². The highest BCUT2D eigenvalue weighted by Gasteiger charge is 2.07. The van der Waals surface area contributed by atoms with Gasteiger partial charge in [-0.15, -0.1) is 0 Å². The lowest BCUT2D eigenvalue weighted by molar-refractivity contribution is 0.444. The number of hydrogen-bond donors (Lipinski definition) is 1. The van der Waals surface area contributed by atoms with E-state index in [1.165, 1.54) is 0 Å². The second kappa shape index (κ2) is 4.71. The normalized spacial score (nSPS) is 10.1. The highest BCUT2D eigenvalue weighted by atomic mass is 16.5. The Labute approximate surface area is 95.1 Å². The van der Waals surface area contributed by atoms with Gasteiger partial charge in [-0.3, -0.25) is 0 Å². The summed E-state index contributed by atoms with van der Waals surface area (Å²) in [5, 5.41) is 9.69. The van der Waals surface area contributed by atoms with Gasteiger partial charge in [-0.1, -0.05) is 31.2 Å². The second-order valence-corrected chi connectivity index (χ2v) is 3.52. The van der Waals surface area contributed by atoms with Gasteiger partial charge in [0.25, 0.3) is 0 Å². The third kappa shape index (κ3) is 2.16. The van der Waals surface area contributed by atoms with Gasteiger partial charge in [0.05, 0.1) is 0 Å². The average molecular weight is 214 g/mol. The molecule has 0 bridgehead atoms. The Kier molecular flexibility index (Phi) is 3.10. The Morgan fingerprint density at radius 3 is 2.44 bits per heavy atom. The summed E-state index contributed by atoms with van der Waals surface area (Å²) in [6, 6.07) is 14.9. The zero-order chi connectivity index (χ0) is 11.4. The summed E-state index contributed by atoms with van der Waals surface area (Å²) >= 11 is 0. The molecule has 0 aliphatic carbocycles. The molecule has 2 rings (SSSR count). The van der Waals surface area contributed by atoms with Gasteiger partial charge >= 0.3 is 0 Å². The van der Waals surface area contributed by atoms with E-state index in [2.05, 4.69) is 0 Å². The molecule has 2 aromatic carbocycles. The molecule has 0 unspecified atom stereocenters. The minimum absolute atomic E-state index is 0.288. The van der Waals surface area contributed by atoms with Crippen LogP contribution >= 0.6 is 0 Å². The second-order valence-electron chi connectivity index (χ2n) is 3.52. The van der Waals surface area contributed by atoms with Crippen LogP contribution < -0.4 is 4.74 Å². The van der Waals surface area contributed by atoms with Crippen molar-refractivity contribution in [3.05, 3.63) is 54.1 Å². The quantitative estimate of drug-likeness (QED) is 0.843. The monoisotopic (exact) mass is 214 g/mol. The number of benzene rings is 2. The lowest BCUT2D eigenvalue weighted by Gasteiger charge is -2.10. The molecule has 0 aliphatic heterocycles. The fourth-order valence-electron chi connectivity index (χ4n) is 1.62. The predicted molar refractivity (Wildman–Crippen MR) is 64.0 cm³/mol. The number of rotatable bonds is 3. The molecule has 0 radical (unpaired) electrons. The van der Waals surface area contributed by atoms with Crippen molar-refractivity contribution in [3.8, 4) is 17.2 Å². The Bertz CT molecular complexity index is 463. The highest BCUT2D eigenvalue weighted by molar-refractivity contribution is 5.45. The molecule has 1 N–H and O–H groups in total. The van der Waals surface area contributed by atoms with Crippen molar-refractivity contribution in [2.75, 3.05) is 0 Å². The average Bonchev–Trinajstić information content (AvgIpc) is 2.31. The van der Waals surface area contributed by atoms with Crippen LogP contribution in [0.3, 0.4) is 0 Å². The van der Waals surface area contributed by atoms with E-state index in [4.69, 9.17) is 4.74 Å². The molecule has 0 amide bonds. The maximum absolute atomic E-state index is 9.69. The first-order valence-corrected chi connectivity index (χ1v) is 5.35. The van der Waals surface area contributed by atoms with Crippen molar-refractivity contribution in [1.29, 1.82) is 0 Å². The van der Waals surface area contributed by atoms with Crippen LogP contribution in [0.2, 0.25) is 0 Å². The molecule has 0 saturated heterocycles. The van der Waals surface area contributed by atoms with E-state index in [-0.39, 0.29) is 5.75 Å². The van der Waals surface area contributed by atoms with Crippen LogP contribution in [0.5, 0.6) is 17.2 Å². The fourth-order valence-corrected chi connectivity index (χ4v) is 1.62. The molecule has 2 heteroatoms. The zero-order valence-electron chi connectivity index (χ0n) is 9.18. The van der Waals surface area contributed by atoms with Crippen LogP contribution in [0.4, 0.5) is 0 Å². The van der Waals surface area contributed by atoms with Gasteiger partial charge in [0.1, 0.15) is 17.2 Å². The molecule has 0 spiro atoms. The lowest BCUT2D eigenvalue weighted by Crippen LogP contribution is -1.90. The van der Waals surface area contributed by atoms with Crippen LogP contribution in [-0.4, -0.2) is 5.11 Å². The van der Waals surface area contributed by atoms with Gasteiger partial charge in [0, 0.05) is 5.56 Å². The van der Waals surface area contributed by atoms with Crippen LogP contribution in [0, 0.1) is 0 Å². The largest absolute Gasteiger partial charge is 0.508 e. The van der Waals surface area contributed by atoms with Gasteiger partial charge in [0.15, 0.2) is 0 Å². The van der Waals surface area contributed by atoms with Crippen LogP contribution in [0.1, 0.15) is 12.5 Å². The van der Waals surface area contributed by atoms with Gasteiger partial charge in [0.2, 0.25) is 0 Å². The molecular formula is C14H14O2. The Hall–Kier alpha value is -1.96. The number of phenols is 1. The Morgan fingerprint density at radius 2 is 1.75 bits per heavy atom.